The Morgan fingerprint density at radius 1 is 1.26 bits per heavy atom. The first-order valence-corrected chi connectivity index (χ1v) is 6.20. The Labute approximate surface area is 113 Å². The van der Waals surface area contributed by atoms with Crippen molar-refractivity contribution >= 4 is 18.9 Å². The number of pyridine rings is 1. The minimum atomic E-state index is -0.465. The van der Waals surface area contributed by atoms with E-state index in [0.29, 0.717) is 11.4 Å². The average molecular weight is 262 g/mol. The molecule has 0 radical (unpaired) electrons. The highest BCUT2D eigenvalue weighted by atomic mass is 16.7. The van der Waals surface area contributed by atoms with E-state index >= 15 is 0 Å². The SMILES string of the molecule is CC1(C)OB(/C=C/c2nccc(N)c2O)OC1(C)C. The predicted octanol–water partition coefficient (Wildman–Crippen LogP) is 2.01. The summed E-state index contributed by atoms with van der Waals surface area (Å²) in [7, 11) is -0.465. The van der Waals surface area contributed by atoms with Gasteiger partial charge in [-0.3, -0.25) is 4.98 Å². The van der Waals surface area contributed by atoms with Gasteiger partial charge >= 0.3 is 7.12 Å². The highest BCUT2D eigenvalue weighted by Gasteiger charge is 2.50. The fraction of sp³-hybridized carbons (Fsp3) is 0.462. The molecule has 102 valence electrons. The minimum Gasteiger partial charge on any atom is -0.504 e. The van der Waals surface area contributed by atoms with Gasteiger partial charge in [0, 0.05) is 6.20 Å². The number of rotatable bonds is 2. The lowest BCUT2D eigenvalue weighted by atomic mass is 9.89. The summed E-state index contributed by atoms with van der Waals surface area (Å²) in [4.78, 5) is 4.04. The van der Waals surface area contributed by atoms with Gasteiger partial charge in [0.1, 0.15) is 5.69 Å². The maximum Gasteiger partial charge on any atom is 0.487 e. The number of nitrogens with zero attached hydrogens (tertiary/aromatic N) is 1. The van der Waals surface area contributed by atoms with E-state index in [-0.39, 0.29) is 17.0 Å². The molecule has 6 heteroatoms. The highest BCUT2D eigenvalue weighted by molar-refractivity contribution is 6.52. The predicted molar refractivity (Wildman–Crippen MR) is 75.4 cm³/mol. The van der Waals surface area contributed by atoms with E-state index in [1.54, 1.807) is 24.3 Å². The molecule has 19 heavy (non-hydrogen) atoms. The Kier molecular flexibility index (Phi) is 3.32. The van der Waals surface area contributed by atoms with Crippen molar-refractivity contribution < 1.29 is 14.4 Å². The second kappa shape index (κ2) is 4.54. The van der Waals surface area contributed by atoms with Crippen molar-refractivity contribution in [3.8, 4) is 5.75 Å². The molecular weight excluding hydrogens is 243 g/mol. The zero-order valence-corrected chi connectivity index (χ0v) is 11.7. The molecule has 0 amide bonds. The van der Waals surface area contributed by atoms with Crippen LogP contribution < -0.4 is 5.73 Å². The van der Waals surface area contributed by atoms with Crippen LogP contribution in [-0.2, 0) is 9.31 Å². The first kappa shape index (κ1) is 13.9. The Morgan fingerprint density at radius 3 is 2.42 bits per heavy atom. The van der Waals surface area contributed by atoms with Crippen LogP contribution in [0.5, 0.6) is 5.75 Å². The standard InChI is InChI=1S/C13H19BN2O3/c1-12(2)13(3,4)19-14(18-12)7-5-10-11(17)9(15)6-8-16-10/h5-8,17H,1-4H3,(H2,15,16)/b7-5+. The van der Waals surface area contributed by atoms with Crippen molar-refractivity contribution in [2.75, 3.05) is 5.73 Å². The van der Waals surface area contributed by atoms with Crippen molar-refractivity contribution in [2.24, 2.45) is 0 Å². The Balaban J connectivity index is 2.15. The lowest BCUT2D eigenvalue weighted by Gasteiger charge is -2.32. The molecule has 1 aliphatic rings. The number of aromatic hydroxyl groups is 1. The summed E-state index contributed by atoms with van der Waals surface area (Å²) >= 11 is 0. The van der Waals surface area contributed by atoms with Gasteiger partial charge in [0.15, 0.2) is 5.75 Å². The van der Waals surface area contributed by atoms with E-state index in [1.165, 1.54) is 0 Å². The molecule has 0 aliphatic carbocycles. The first-order valence-electron chi connectivity index (χ1n) is 6.20. The number of hydrogen-bond donors (Lipinski definition) is 2. The summed E-state index contributed by atoms with van der Waals surface area (Å²) in [5.41, 5.74) is 5.53. The normalized spacial score (nSPS) is 21.2. The van der Waals surface area contributed by atoms with Crippen molar-refractivity contribution in [1.82, 2.24) is 4.98 Å². The molecule has 1 aromatic heterocycles. The summed E-state index contributed by atoms with van der Waals surface area (Å²) in [5.74, 6) is 1.69. The summed E-state index contributed by atoms with van der Waals surface area (Å²) in [6.07, 6.45) is 3.19. The van der Waals surface area contributed by atoms with Gasteiger partial charge in [-0.25, -0.2) is 0 Å². The molecule has 0 aromatic carbocycles. The van der Waals surface area contributed by atoms with Gasteiger partial charge in [-0.15, -0.1) is 0 Å². The van der Waals surface area contributed by atoms with Gasteiger partial charge in [0.25, 0.3) is 0 Å². The molecule has 0 bridgehead atoms. The van der Waals surface area contributed by atoms with E-state index in [9.17, 15) is 5.11 Å². The third kappa shape index (κ3) is 2.59. The van der Waals surface area contributed by atoms with Crippen LogP contribution in [0.3, 0.4) is 0 Å². The first-order chi connectivity index (χ1) is 8.73. The van der Waals surface area contributed by atoms with E-state index < -0.39 is 7.12 Å². The smallest absolute Gasteiger partial charge is 0.487 e. The molecule has 1 saturated heterocycles. The van der Waals surface area contributed by atoms with Crippen LogP contribution in [-0.4, -0.2) is 28.4 Å². The zero-order valence-electron chi connectivity index (χ0n) is 11.7. The van der Waals surface area contributed by atoms with Crippen LogP contribution in [0.2, 0.25) is 0 Å². The molecule has 1 fully saturated rings. The van der Waals surface area contributed by atoms with Gasteiger partial charge in [-0.05, 0) is 39.8 Å². The van der Waals surface area contributed by atoms with E-state index in [0.717, 1.165) is 0 Å². The van der Waals surface area contributed by atoms with Gasteiger partial charge in [0.05, 0.1) is 16.9 Å². The molecule has 0 saturated carbocycles. The lowest BCUT2D eigenvalue weighted by molar-refractivity contribution is 0.00578. The Hall–Kier alpha value is -1.53. The number of nitrogens with two attached hydrogens (primary N) is 1. The van der Waals surface area contributed by atoms with Crippen LogP contribution in [0.4, 0.5) is 5.69 Å². The quantitative estimate of drug-likeness (QED) is 0.797. The van der Waals surface area contributed by atoms with Crippen molar-refractivity contribution in [3.63, 3.8) is 0 Å². The van der Waals surface area contributed by atoms with Crippen LogP contribution >= 0.6 is 0 Å². The summed E-state index contributed by atoms with van der Waals surface area (Å²) in [5, 5.41) is 9.76. The maximum absolute atomic E-state index is 9.76. The minimum absolute atomic E-state index is 0.0322. The zero-order chi connectivity index (χ0) is 14.3. The monoisotopic (exact) mass is 262 g/mol. The number of anilines is 1. The molecule has 0 atom stereocenters. The van der Waals surface area contributed by atoms with Crippen LogP contribution in [0.15, 0.2) is 18.2 Å². The second-order valence-corrected chi connectivity index (χ2v) is 5.62. The van der Waals surface area contributed by atoms with Gasteiger partial charge < -0.3 is 20.1 Å². The Morgan fingerprint density at radius 2 is 1.84 bits per heavy atom. The van der Waals surface area contributed by atoms with Crippen LogP contribution in [0, 0.1) is 0 Å². The fourth-order valence-electron chi connectivity index (χ4n) is 1.74. The number of aromatic nitrogens is 1. The third-order valence-corrected chi connectivity index (χ3v) is 3.67. The molecule has 1 aliphatic heterocycles. The highest BCUT2D eigenvalue weighted by Crippen LogP contribution is 2.37. The van der Waals surface area contributed by atoms with Gasteiger partial charge in [0.2, 0.25) is 0 Å². The topological polar surface area (TPSA) is 77.6 Å². The molecular formula is C13H19BN2O3. The summed E-state index contributed by atoms with van der Waals surface area (Å²) < 4.78 is 11.6. The van der Waals surface area contributed by atoms with E-state index in [1.807, 2.05) is 27.7 Å². The lowest BCUT2D eigenvalue weighted by Crippen LogP contribution is -2.41. The number of nitrogen functional groups attached to an aromatic ring is 1. The van der Waals surface area contributed by atoms with E-state index in [2.05, 4.69) is 4.98 Å². The summed E-state index contributed by atoms with van der Waals surface area (Å²) in [6.45, 7) is 7.93. The third-order valence-electron chi connectivity index (χ3n) is 3.67. The van der Waals surface area contributed by atoms with Crippen LogP contribution in [0.25, 0.3) is 6.08 Å². The molecule has 0 spiro atoms. The van der Waals surface area contributed by atoms with Gasteiger partial charge in [-0.1, -0.05) is 5.98 Å². The average Bonchev–Trinajstić information content (AvgIpc) is 2.50. The molecule has 2 heterocycles. The molecule has 0 unspecified atom stereocenters. The molecule has 3 N–H and O–H groups in total. The molecule has 1 aromatic rings. The molecule has 5 nitrogen and oxygen atoms in total. The fourth-order valence-corrected chi connectivity index (χ4v) is 1.74. The van der Waals surface area contributed by atoms with Crippen molar-refractivity contribution in [1.29, 1.82) is 0 Å². The second-order valence-electron chi connectivity index (χ2n) is 5.62. The van der Waals surface area contributed by atoms with E-state index in [4.69, 9.17) is 15.0 Å². The maximum atomic E-state index is 9.76. The van der Waals surface area contributed by atoms with Gasteiger partial charge in [-0.2, -0.15) is 0 Å². The van der Waals surface area contributed by atoms with Crippen molar-refractivity contribution in [2.45, 2.75) is 38.9 Å². The number of hydrogen-bond acceptors (Lipinski definition) is 5. The molecule has 2 rings (SSSR count). The largest absolute Gasteiger partial charge is 0.504 e. The van der Waals surface area contributed by atoms with Crippen LogP contribution in [0.1, 0.15) is 33.4 Å². The van der Waals surface area contributed by atoms with Crippen molar-refractivity contribution in [3.05, 3.63) is 23.9 Å². The Bertz CT molecular complexity index is 499. The summed E-state index contributed by atoms with van der Waals surface area (Å²) in [6, 6.07) is 1.54.